The predicted molar refractivity (Wildman–Crippen MR) is 72.9 cm³/mol. The number of rotatable bonds is 9. The van der Waals surface area contributed by atoms with E-state index in [9.17, 15) is 4.39 Å². The number of hydrogen-bond donors (Lipinski definition) is 1. The van der Waals surface area contributed by atoms with E-state index in [1.54, 1.807) is 19.2 Å². The van der Waals surface area contributed by atoms with Crippen molar-refractivity contribution in [1.82, 2.24) is 5.32 Å². The molecule has 1 aromatic rings. The maximum absolute atomic E-state index is 13.3. The van der Waals surface area contributed by atoms with Crippen LogP contribution >= 0.6 is 0 Å². The maximum Gasteiger partial charge on any atom is 0.123 e. The van der Waals surface area contributed by atoms with Gasteiger partial charge in [-0.15, -0.1) is 0 Å². The van der Waals surface area contributed by atoms with Crippen LogP contribution in [0.4, 0.5) is 4.39 Å². The molecule has 1 saturated carbocycles. The fourth-order valence-electron chi connectivity index (χ4n) is 1.90. The minimum Gasteiger partial charge on any atom is -0.493 e. The van der Waals surface area contributed by atoms with E-state index in [1.807, 2.05) is 0 Å². The molecule has 0 heterocycles. The van der Waals surface area contributed by atoms with Gasteiger partial charge in [0, 0.05) is 31.9 Å². The van der Waals surface area contributed by atoms with E-state index in [0.717, 1.165) is 30.8 Å². The molecule has 1 aliphatic carbocycles. The molecule has 1 fully saturated rings. The molecule has 0 atom stereocenters. The van der Waals surface area contributed by atoms with E-state index in [2.05, 4.69) is 5.32 Å². The van der Waals surface area contributed by atoms with Crippen molar-refractivity contribution in [2.75, 3.05) is 20.3 Å². The highest BCUT2D eigenvalue weighted by molar-refractivity contribution is 5.34. The summed E-state index contributed by atoms with van der Waals surface area (Å²) < 4.78 is 24.0. The number of unbranched alkanes of at least 4 members (excludes halogenated alkanes) is 1. The Kier molecular flexibility index (Phi) is 5.61. The molecule has 1 aromatic carbocycles. The summed E-state index contributed by atoms with van der Waals surface area (Å²) in [4.78, 5) is 0. The van der Waals surface area contributed by atoms with Gasteiger partial charge in [0.1, 0.15) is 11.6 Å². The lowest BCUT2D eigenvalue weighted by Gasteiger charge is -2.12. The lowest BCUT2D eigenvalue weighted by atomic mass is 10.2. The maximum atomic E-state index is 13.3. The van der Waals surface area contributed by atoms with Gasteiger partial charge in [-0.05, 0) is 43.9 Å². The van der Waals surface area contributed by atoms with E-state index in [1.165, 1.54) is 18.9 Å². The number of hydrogen-bond acceptors (Lipinski definition) is 3. The first kappa shape index (κ1) is 14.3. The number of benzene rings is 1. The minimum absolute atomic E-state index is 0.209. The van der Waals surface area contributed by atoms with Crippen LogP contribution in [0.15, 0.2) is 18.2 Å². The monoisotopic (exact) mass is 267 g/mol. The van der Waals surface area contributed by atoms with Crippen LogP contribution in [-0.2, 0) is 11.3 Å². The molecule has 0 aromatic heterocycles. The molecular weight excluding hydrogens is 245 g/mol. The first-order chi connectivity index (χ1) is 9.29. The summed E-state index contributed by atoms with van der Waals surface area (Å²) in [7, 11) is 1.70. The summed E-state index contributed by atoms with van der Waals surface area (Å²) >= 11 is 0. The van der Waals surface area contributed by atoms with E-state index in [0.29, 0.717) is 19.2 Å². The predicted octanol–water partition coefficient (Wildman–Crippen LogP) is 2.88. The number of ether oxygens (including phenoxy) is 2. The van der Waals surface area contributed by atoms with Gasteiger partial charge in [-0.2, -0.15) is 0 Å². The van der Waals surface area contributed by atoms with Gasteiger partial charge in [-0.3, -0.25) is 0 Å². The van der Waals surface area contributed by atoms with Crippen LogP contribution in [0.25, 0.3) is 0 Å². The summed E-state index contributed by atoms with van der Waals surface area (Å²) in [5.74, 6) is 0.575. The van der Waals surface area contributed by atoms with E-state index in [4.69, 9.17) is 9.47 Å². The highest BCUT2D eigenvalue weighted by Crippen LogP contribution is 2.23. The summed E-state index contributed by atoms with van der Waals surface area (Å²) in [6.45, 7) is 2.07. The van der Waals surface area contributed by atoms with E-state index in [-0.39, 0.29) is 5.82 Å². The third-order valence-electron chi connectivity index (χ3n) is 3.18. The van der Waals surface area contributed by atoms with Gasteiger partial charge in [-0.1, -0.05) is 0 Å². The van der Waals surface area contributed by atoms with Gasteiger partial charge in [0.15, 0.2) is 0 Å². The van der Waals surface area contributed by atoms with E-state index < -0.39 is 0 Å². The molecule has 2 rings (SSSR count). The van der Waals surface area contributed by atoms with Crippen LogP contribution in [0.1, 0.15) is 31.2 Å². The molecule has 106 valence electrons. The van der Waals surface area contributed by atoms with E-state index >= 15 is 0 Å². The highest BCUT2D eigenvalue weighted by atomic mass is 19.1. The second kappa shape index (κ2) is 7.46. The first-order valence-electron chi connectivity index (χ1n) is 6.93. The van der Waals surface area contributed by atoms with Gasteiger partial charge < -0.3 is 14.8 Å². The Balaban J connectivity index is 1.82. The van der Waals surface area contributed by atoms with Crippen molar-refractivity contribution < 1.29 is 13.9 Å². The summed E-state index contributed by atoms with van der Waals surface area (Å²) in [6.07, 6.45) is 4.37. The molecule has 0 amide bonds. The lowest BCUT2D eigenvalue weighted by Crippen LogP contribution is -2.16. The van der Waals surface area contributed by atoms with Crippen LogP contribution in [0.2, 0.25) is 0 Å². The van der Waals surface area contributed by atoms with Gasteiger partial charge in [0.25, 0.3) is 0 Å². The molecule has 19 heavy (non-hydrogen) atoms. The average Bonchev–Trinajstić information content (AvgIpc) is 3.22. The van der Waals surface area contributed by atoms with Crippen LogP contribution in [0.3, 0.4) is 0 Å². The number of halogens is 1. The van der Waals surface area contributed by atoms with Gasteiger partial charge in [0.05, 0.1) is 6.61 Å². The molecule has 0 unspecified atom stereocenters. The van der Waals surface area contributed by atoms with Crippen molar-refractivity contribution in [2.24, 2.45) is 0 Å². The Labute approximate surface area is 114 Å². The molecule has 0 spiro atoms. The van der Waals surface area contributed by atoms with Gasteiger partial charge in [-0.25, -0.2) is 4.39 Å². The van der Waals surface area contributed by atoms with Crippen molar-refractivity contribution in [3.63, 3.8) is 0 Å². The van der Waals surface area contributed by atoms with Crippen molar-refractivity contribution in [3.8, 4) is 5.75 Å². The topological polar surface area (TPSA) is 30.5 Å². The summed E-state index contributed by atoms with van der Waals surface area (Å²) in [6, 6.07) is 5.33. The Morgan fingerprint density at radius 3 is 2.79 bits per heavy atom. The largest absolute Gasteiger partial charge is 0.493 e. The van der Waals surface area contributed by atoms with Gasteiger partial charge >= 0.3 is 0 Å². The second-order valence-corrected chi connectivity index (χ2v) is 4.96. The molecule has 0 saturated heterocycles. The lowest BCUT2D eigenvalue weighted by molar-refractivity contribution is 0.184. The molecule has 1 N–H and O–H groups in total. The zero-order valence-electron chi connectivity index (χ0n) is 11.5. The molecular formula is C15H22FNO2. The summed E-state index contributed by atoms with van der Waals surface area (Å²) in [5.41, 5.74) is 0.902. The molecule has 1 aliphatic rings. The Hall–Kier alpha value is -1.13. The molecule has 4 heteroatoms. The highest BCUT2D eigenvalue weighted by Gasteiger charge is 2.20. The minimum atomic E-state index is -0.209. The number of methoxy groups -OCH3 is 1. The normalized spacial score (nSPS) is 14.6. The SMILES string of the molecule is COCCCCOc1ccc(F)cc1CNC1CC1. The van der Waals surface area contributed by atoms with Crippen LogP contribution in [-0.4, -0.2) is 26.4 Å². The fourth-order valence-corrected chi connectivity index (χ4v) is 1.90. The third kappa shape index (κ3) is 5.17. The molecule has 0 aliphatic heterocycles. The van der Waals surface area contributed by atoms with Crippen molar-refractivity contribution in [3.05, 3.63) is 29.6 Å². The van der Waals surface area contributed by atoms with Crippen LogP contribution in [0.5, 0.6) is 5.75 Å². The zero-order chi connectivity index (χ0) is 13.5. The third-order valence-corrected chi connectivity index (χ3v) is 3.18. The number of nitrogens with one attached hydrogen (secondary N) is 1. The Bertz CT molecular complexity index is 394. The first-order valence-corrected chi connectivity index (χ1v) is 6.93. The summed E-state index contributed by atoms with van der Waals surface area (Å²) in [5, 5.41) is 3.38. The molecule has 3 nitrogen and oxygen atoms in total. The van der Waals surface area contributed by atoms with Crippen molar-refractivity contribution in [2.45, 2.75) is 38.3 Å². The van der Waals surface area contributed by atoms with Crippen LogP contribution in [0, 0.1) is 5.82 Å². The quantitative estimate of drug-likeness (QED) is 0.698. The standard InChI is InChI=1S/C15H22FNO2/c1-18-8-2-3-9-19-15-7-4-13(16)10-12(15)11-17-14-5-6-14/h4,7,10,14,17H,2-3,5-6,8-9,11H2,1H3. The zero-order valence-corrected chi connectivity index (χ0v) is 11.5. The Morgan fingerprint density at radius 2 is 2.05 bits per heavy atom. The van der Waals surface area contributed by atoms with Crippen molar-refractivity contribution >= 4 is 0 Å². The van der Waals surface area contributed by atoms with Gasteiger partial charge in [0.2, 0.25) is 0 Å². The van der Waals surface area contributed by atoms with Crippen molar-refractivity contribution in [1.29, 1.82) is 0 Å². The molecule has 0 radical (unpaired) electrons. The average molecular weight is 267 g/mol. The molecule has 0 bridgehead atoms. The smallest absolute Gasteiger partial charge is 0.123 e. The second-order valence-electron chi connectivity index (χ2n) is 4.96. The van der Waals surface area contributed by atoms with Crippen LogP contribution < -0.4 is 10.1 Å². The Morgan fingerprint density at radius 1 is 1.26 bits per heavy atom. The fraction of sp³-hybridized carbons (Fsp3) is 0.600.